The van der Waals surface area contributed by atoms with Crippen LogP contribution in [0.4, 0.5) is 5.69 Å². The number of anilines is 1. The van der Waals surface area contributed by atoms with Crippen molar-refractivity contribution >= 4 is 65.6 Å². The highest BCUT2D eigenvalue weighted by atomic mass is 16.3. The maximum atomic E-state index is 6.29. The molecule has 2 heteroatoms. The smallest absolute Gasteiger partial charge is 0.135 e. The van der Waals surface area contributed by atoms with Crippen molar-refractivity contribution in [2.45, 2.75) is 12.5 Å². The molecule has 54 heavy (non-hydrogen) atoms. The van der Waals surface area contributed by atoms with Gasteiger partial charge in [0.25, 0.3) is 0 Å². The van der Waals surface area contributed by atoms with E-state index in [1.807, 2.05) is 6.07 Å². The number of benzene rings is 9. The van der Waals surface area contributed by atoms with Crippen molar-refractivity contribution in [2.24, 2.45) is 0 Å². The standard InChI is InChI=1S/C52H35NO/c1-3-14-35(15-4-1)47-28-29-48(36-16-5-2-6-17-36)53(47)40-26-27-44-46(33-40)52(38-24-23-34-13-7-8-18-37(34)31-38)43-21-10-9-20-42(43)51(44)39-25-30-50-45(32-39)41-19-11-12-22-49(41)54-50/h1-28,30-33,48H,29H2. The summed E-state index contributed by atoms with van der Waals surface area (Å²) in [5.41, 5.74) is 11.7. The summed E-state index contributed by atoms with van der Waals surface area (Å²) in [4.78, 5) is 2.56. The molecule has 11 rings (SSSR count). The second-order valence-corrected chi connectivity index (χ2v) is 14.4. The quantitative estimate of drug-likeness (QED) is 0.167. The van der Waals surface area contributed by atoms with Crippen molar-refractivity contribution in [3.05, 3.63) is 205 Å². The summed E-state index contributed by atoms with van der Waals surface area (Å²) < 4.78 is 6.29. The first-order valence-corrected chi connectivity index (χ1v) is 18.8. The van der Waals surface area contributed by atoms with Crippen molar-refractivity contribution in [1.29, 1.82) is 0 Å². The molecule has 1 aliphatic rings. The molecule has 0 saturated carbocycles. The molecule has 0 fully saturated rings. The first-order valence-electron chi connectivity index (χ1n) is 18.8. The Hall–Kier alpha value is -6.90. The van der Waals surface area contributed by atoms with Gasteiger partial charge in [-0.05, 0) is 109 Å². The van der Waals surface area contributed by atoms with E-state index in [0.29, 0.717) is 0 Å². The molecule has 0 N–H and O–H groups in total. The van der Waals surface area contributed by atoms with Crippen molar-refractivity contribution in [2.75, 3.05) is 4.90 Å². The van der Waals surface area contributed by atoms with E-state index in [-0.39, 0.29) is 6.04 Å². The third-order valence-electron chi connectivity index (χ3n) is 11.3. The molecule has 1 unspecified atom stereocenters. The van der Waals surface area contributed by atoms with E-state index >= 15 is 0 Å². The minimum atomic E-state index is 0.180. The largest absolute Gasteiger partial charge is 0.456 e. The number of hydrogen-bond donors (Lipinski definition) is 0. The topological polar surface area (TPSA) is 16.4 Å². The van der Waals surface area contributed by atoms with Gasteiger partial charge in [-0.15, -0.1) is 0 Å². The zero-order valence-electron chi connectivity index (χ0n) is 29.6. The molecule has 0 spiro atoms. The third-order valence-corrected chi connectivity index (χ3v) is 11.3. The minimum absolute atomic E-state index is 0.180. The minimum Gasteiger partial charge on any atom is -0.456 e. The molecule has 10 aromatic rings. The van der Waals surface area contributed by atoms with Crippen LogP contribution in [0.15, 0.2) is 199 Å². The number of hydrogen-bond acceptors (Lipinski definition) is 2. The van der Waals surface area contributed by atoms with Crippen LogP contribution in [0, 0.1) is 0 Å². The molecule has 0 saturated heterocycles. The highest BCUT2D eigenvalue weighted by molar-refractivity contribution is 6.23. The van der Waals surface area contributed by atoms with Crippen LogP contribution in [-0.2, 0) is 0 Å². The summed E-state index contributed by atoms with van der Waals surface area (Å²) in [7, 11) is 0. The van der Waals surface area contributed by atoms with Crippen LogP contribution < -0.4 is 4.90 Å². The van der Waals surface area contributed by atoms with Gasteiger partial charge in [-0.3, -0.25) is 0 Å². The van der Waals surface area contributed by atoms with Crippen LogP contribution >= 0.6 is 0 Å². The molecule has 0 radical (unpaired) electrons. The van der Waals surface area contributed by atoms with Gasteiger partial charge in [0.2, 0.25) is 0 Å². The third kappa shape index (κ3) is 4.88. The van der Waals surface area contributed by atoms with E-state index in [1.54, 1.807) is 0 Å². The summed E-state index contributed by atoms with van der Waals surface area (Å²) in [5.74, 6) is 0. The fourth-order valence-electron chi connectivity index (χ4n) is 8.90. The van der Waals surface area contributed by atoms with Gasteiger partial charge < -0.3 is 9.32 Å². The fourth-order valence-corrected chi connectivity index (χ4v) is 8.90. The van der Waals surface area contributed by atoms with E-state index in [4.69, 9.17) is 4.42 Å². The number of nitrogens with zero attached hydrogens (tertiary/aromatic N) is 1. The SMILES string of the molecule is C1=C(c2ccccc2)N(c2ccc3c(-c4ccc5oc6ccccc6c5c4)c4ccccc4c(-c4ccc5ccccc5c4)c3c2)C(c2ccccc2)C1. The molecule has 0 aliphatic carbocycles. The van der Waals surface area contributed by atoms with Crippen LogP contribution in [0.1, 0.15) is 23.6 Å². The van der Waals surface area contributed by atoms with E-state index < -0.39 is 0 Å². The summed E-state index contributed by atoms with van der Waals surface area (Å²) in [6, 6.07) is 68.7. The Kier molecular flexibility index (Phi) is 7.03. The van der Waals surface area contributed by atoms with Gasteiger partial charge in [-0.1, -0.05) is 158 Å². The zero-order valence-corrected chi connectivity index (χ0v) is 29.6. The van der Waals surface area contributed by atoms with Crippen molar-refractivity contribution in [3.63, 3.8) is 0 Å². The lowest BCUT2D eigenvalue weighted by Gasteiger charge is -2.31. The number of fused-ring (bicyclic) bond motifs is 6. The summed E-state index contributed by atoms with van der Waals surface area (Å²) >= 11 is 0. The molecule has 1 aromatic heterocycles. The zero-order chi connectivity index (χ0) is 35.6. The molecule has 0 amide bonds. The second kappa shape index (κ2) is 12.4. The van der Waals surface area contributed by atoms with E-state index in [2.05, 4.69) is 193 Å². The average molecular weight is 690 g/mol. The molecule has 1 atom stereocenters. The Morgan fingerprint density at radius 3 is 1.83 bits per heavy atom. The Balaban J connectivity index is 1.22. The molecule has 0 bridgehead atoms. The molecular weight excluding hydrogens is 655 g/mol. The van der Waals surface area contributed by atoms with Gasteiger partial charge in [0.1, 0.15) is 11.2 Å². The van der Waals surface area contributed by atoms with E-state index in [1.165, 1.54) is 77.1 Å². The molecule has 2 heterocycles. The van der Waals surface area contributed by atoms with Crippen LogP contribution in [0.25, 0.3) is 82.2 Å². The number of furan rings is 1. The molecule has 2 nitrogen and oxygen atoms in total. The van der Waals surface area contributed by atoms with Crippen molar-refractivity contribution in [3.8, 4) is 22.3 Å². The summed E-state index contributed by atoms with van der Waals surface area (Å²) in [6.45, 7) is 0. The van der Waals surface area contributed by atoms with Gasteiger partial charge in [-0.25, -0.2) is 0 Å². The summed E-state index contributed by atoms with van der Waals surface area (Å²) in [6.07, 6.45) is 3.35. The second-order valence-electron chi connectivity index (χ2n) is 14.4. The molecule has 9 aromatic carbocycles. The Bertz CT molecular complexity index is 3080. The predicted octanol–water partition coefficient (Wildman–Crippen LogP) is 14.4. The average Bonchev–Trinajstić information content (AvgIpc) is 3.85. The van der Waals surface area contributed by atoms with Gasteiger partial charge in [0.05, 0.1) is 6.04 Å². The Morgan fingerprint density at radius 1 is 0.407 bits per heavy atom. The normalized spacial score (nSPS) is 14.5. The lowest BCUT2D eigenvalue weighted by molar-refractivity contribution is 0.669. The molecule has 1 aliphatic heterocycles. The molecular formula is C52H35NO. The van der Waals surface area contributed by atoms with Crippen LogP contribution in [0.2, 0.25) is 0 Å². The van der Waals surface area contributed by atoms with Crippen LogP contribution in [0.5, 0.6) is 0 Å². The van der Waals surface area contributed by atoms with Crippen molar-refractivity contribution in [1.82, 2.24) is 0 Å². The van der Waals surface area contributed by atoms with Crippen LogP contribution in [0.3, 0.4) is 0 Å². The fraction of sp³-hybridized carbons (Fsp3) is 0.0385. The maximum absolute atomic E-state index is 6.29. The van der Waals surface area contributed by atoms with Gasteiger partial charge in [0, 0.05) is 22.2 Å². The predicted molar refractivity (Wildman–Crippen MR) is 228 cm³/mol. The lowest BCUT2D eigenvalue weighted by atomic mass is 9.85. The van der Waals surface area contributed by atoms with Gasteiger partial charge in [0.15, 0.2) is 0 Å². The first kappa shape index (κ1) is 30.7. The Morgan fingerprint density at radius 2 is 1.02 bits per heavy atom. The van der Waals surface area contributed by atoms with Crippen LogP contribution in [-0.4, -0.2) is 0 Å². The highest BCUT2D eigenvalue weighted by Crippen LogP contribution is 2.49. The maximum Gasteiger partial charge on any atom is 0.135 e. The van der Waals surface area contributed by atoms with E-state index in [0.717, 1.165) is 28.4 Å². The Labute approximate surface area is 313 Å². The number of rotatable bonds is 5. The first-order chi connectivity index (χ1) is 26.8. The van der Waals surface area contributed by atoms with E-state index in [9.17, 15) is 0 Å². The van der Waals surface area contributed by atoms with Crippen molar-refractivity contribution < 1.29 is 4.42 Å². The summed E-state index contributed by atoms with van der Waals surface area (Å²) in [5, 5.41) is 9.70. The number of para-hydroxylation sites is 1. The monoisotopic (exact) mass is 689 g/mol. The highest BCUT2D eigenvalue weighted by Gasteiger charge is 2.30. The lowest BCUT2D eigenvalue weighted by Crippen LogP contribution is -2.22. The van der Waals surface area contributed by atoms with Gasteiger partial charge >= 0.3 is 0 Å². The molecule has 254 valence electrons. The van der Waals surface area contributed by atoms with Gasteiger partial charge in [-0.2, -0.15) is 0 Å².